The molecule has 3 heterocycles. The van der Waals surface area contributed by atoms with E-state index in [9.17, 15) is 14.4 Å². The zero-order valence-corrected chi connectivity index (χ0v) is 17.2. The molecule has 30 heavy (non-hydrogen) atoms. The summed E-state index contributed by atoms with van der Waals surface area (Å²) in [5, 5.41) is 5.82. The molecule has 8 nitrogen and oxygen atoms in total. The summed E-state index contributed by atoms with van der Waals surface area (Å²) in [6.45, 7) is 4.36. The number of benzene rings is 1. The molecule has 2 saturated heterocycles. The first kappa shape index (κ1) is 18.3. The van der Waals surface area contributed by atoms with Gasteiger partial charge in [-0.25, -0.2) is 4.79 Å². The van der Waals surface area contributed by atoms with Crippen molar-refractivity contribution in [3.8, 4) is 0 Å². The summed E-state index contributed by atoms with van der Waals surface area (Å²) in [6.07, 6.45) is 4.08. The second-order valence-electron chi connectivity index (χ2n) is 9.62. The number of imidazole rings is 1. The second kappa shape index (κ2) is 6.04. The van der Waals surface area contributed by atoms with Gasteiger partial charge in [0, 0.05) is 50.6 Å². The minimum atomic E-state index is -0.630. The highest BCUT2D eigenvalue weighted by Gasteiger charge is 2.70. The molecule has 2 aliphatic heterocycles. The Bertz CT molecular complexity index is 1120. The monoisotopic (exact) mass is 409 g/mol. The van der Waals surface area contributed by atoms with Crippen molar-refractivity contribution < 1.29 is 9.59 Å². The number of nitrogens with zero attached hydrogens (tertiary/aromatic N) is 3. The Hall–Kier alpha value is -2.45. The SMILES string of the molecule is Cn1c(=O)n(C2CCC(=O)NC2=O)c2cccc(C34CC(N5CCNCC5)(C3)C4)c21. The van der Waals surface area contributed by atoms with Crippen LogP contribution in [-0.4, -0.2) is 57.6 Å². The average Bonchev–Trinajstić information content (AvgIpc) is 2.92. The minimum absolute atomic E-state index is 0.144. The summed E-state index contributed by atoms with van der Waals surface area (Å²) in [7, 11) is 1.80. The summed E-state index contributed by atoms with van der Waals surface area (Å²) in [6, 6.07) is 5.48. The smallest absolute Gasteiger partial charge is 0.314 e. The highest BCUT2D eigenvalue weighted by molar-refractivity contribution is 6.00. The van der Waals surface area contributed by atoms with Gasteiger partial charge < -0.3 is 5.32 Å². The van der Waals surface area contributed by atoms with Crippen molar-refractivity contribution in [2.24, 2.45) is 7.05 Å². The Morgan fingerprint density at radius 1 is 1.07 bits per heavy atom. The van der Waals surface area contributed by atoms with E-state index in [1.54, 1.807) is 16.2 Å². The molecule has 5 aliphatic rings. The van der Waals surface area contributed by atoms with Gasteiger partial charge in [0.1, 0.15) is 6.04 Å². The van der Waals surface area contributed by atoms with Crippen LogP contribution in [0.5, 0.6) is 0 Å². The van der Waals surface area contributed by atoms with Gasteiger partial charge >= 0.3 is 5.69 Å². The van der Waals surface area contributed by atoms with Crippen LogP contribution < -0.4 is 16.3 Å². The Labute approximate surface area is 174 Å². The number of hydrogen-bond acceptors (Lipinski definition) is 5. The van der Waals surface area contributed by atoms with E-state index in [-0.39, 0.29) is 29.3 Å². The highest BCUT2D eigenvalue weighted by Crippen LogP contribution is 2.70. The van der Waals surface area contributed by atoms with Crippen molar-refractivity contribution in [1.82, 2.24) is 24.7 Å². The highest BCUT2D eigenvalue weighted by atomic mass is 16.2. The average molecular weight is 409 g/mol. The van der Waals surface area contributed by atoms with Crippen LogP contribution in [0.3, 0.4) is 0 Å². The quantitative estimate of drug-likeness (QED) is 0.717. The van der Waals surface area contributed by atoms with Crippen LogP contribution in [0.4, 0.5) is 0 Å². The van der Waals surface area contributed by atoms with E-state index in [4.69, 9.17) is 0 Å². The largest absolute Gasteiger partial charge is 0.329 e. The summed E-state index contributed by atoms with van der Waals surface area (Å²) < 4.78 is 3.30. The number of para-hydroxylation sites is 1. The molecule has 2 bridgehead atoms. The number of carbonyl (C=O) groups is 2. The van der Waals surface area contributed by atoms with E-state index in [1.807, 2.05) is 12.1 Å². The molecular formula is C22H27N5O3. The molecule has 1 aromatic heterocycles. The Morgan fingerprint density at radius 3 is 2.50 bits per heavy atom. The van der Waals surface area contributed by atoms with E-state index in [0.717, 1.165) is 56.5 Å². The summed E-state index contributed by atoms with van der Waals surface area (Å²) in [5.41, 5.74) is 3.29. The number of piperazine rings is 1. The normalized spacial score (nSPS) is 33.8. The number of aryl methyl sites for hydroxylation is 1. The molecule has 0 spiro atoms. The van der Waals surface area contributed by atoms with Crippen LogP contribution in [-0.2, 0) is 22.1 Å². The third-order valence-electron chi connectivity index (χ3n) is 7.99. The van der Waals surface area contributed by atoms with Crippen molar-refractivity contribution in [2.45, 2.75) is 49.1 Å². The number of amides is 2. The molecule has 2 amide bonds. The van der Waals surface area contributed by atoms with Crippen molar-refractivity contribution in [1.29, 1.82) is 0 Å². The van der Waals surface area contributed by atoms with E-state index in [1.165, 1.54) is 5.56 Å². The predicted molar refractivity (Wildman–Crippen MR) is 111 cm³/mol. The standard InChI is InChI=1S/C22H27N5O3/c1-25-18-14(21-11-22(12-21,13-21)26-9-7-23-8-10-26)3-2-4-15(18)27(20(25)30)16-5-6-17(28)24-19(16)29/h2-4,16,23H,5-13H2,1H3,(H,24,28,29). The van der Waals surface area contributed by atoms with Gasteiger partial charge in [-0.3, -0.25) is 28.9 Å². The minimum Gasteiger partial charge on any atom is -0.314 e. The molecule has 2 aromatic rings. The maximum Gasteiger partial charge on any atom is 0.329 e. The second-order valence-corrected chi connectivity index (χ2v) is 9.62. The van der Waals surface area contributed by atoms with Gasteiger partial charge in [0.15, 0.2) is 0 Å². The zero-order valence-electron chi connectivity index (χ0n) is 17.2. The molecule has 158 valence electrons. The lowest BCUT2D eigenvalue weighted by Crippen LogP contribution is -2.78. The Balaban J connectivity index is 1.38. The molecule has 2 N–H and O–H groups in total. The third kappa shape index (κ3) is 2.26. The fourth-order valence-electron chi connectivity index (χ4n) is 6.59. The summed E-state index contributed by atoms with van der Waals surface area (Å²) in [5.74, 6) is -0.647. The summed E-state index contributed by atoms with van der Waals surface area (Å²) >= 11 is 0. The van der Waals surface area contributed by atoms with Gasteiger partial charge in [0.2, 0.25) is 11.8 Å². The third-order valence-corrected chi connectivity index (χ3v) is 7.99. The van der Waals surface area contributed by atoms with Crippen molar-refractivity contribution >= 4 is 22.8 Å². The topological polar surface area (TPSA) is 88.4 Å². The molecule has 3 aliphatic carbocycles. The fourth-order valence-corrected chi connectivity index (χ4v) is 6.59. The molecule has 7 rings (SSSR count). The maximum absolute atomic E-state index is 13.2. The first-order valence-electron chi connectivity index (χ1n) is 10.9. The molecule has 1 atom stereocenters. The Morgan fingerprint density at radius 2 is 1.80 bits per heavy atom. The number of hydrogen-bond donors (Lipinski definition) is 2. The van der Waals surface area contributed by atoms with Crippen molar-refractivity contribution in [3.05, 3.63) is 34.2 Å². The maximum atomic E-state index is 13.2. The molecule has 8 heteroatoms. The van der Waals surface area contributed by atoms with Crippen LogP contribution in [0.1, 0.15) is 43.7 Å². The predicted octanol–water partition coefficient (Wildman–Crippen LogP) is 0.397. The number of carbonyl (C=O) groups excluding carboxylic acids is 2. The zero-order chi connectivity index (χ0) is 20.7. The van der Waals surface area contributed by atoms with Gasteiger partial charge in [-0.15, -0.1) is 0 Å². The molecule has 3 saturated carbocycles. The van der Waals surface area contributed by atoms with Crippen LogP contribution in [0.25, 0.3) is 11.0 Å². The van der Waals surface area contributed by atoms with Crippen LogP contribution >= 0.6 is 0 Å². The molecule has 1 unspecified atom stereocenters. The lowest BCUT2D eigenvalue weighted by Gasteiger charge is -2.75. The van der Waals surface area contributed by atoms with Crippen LogP contribution in [0.2, 0.25) is 0 Å². The number of imide groups is 1. The van der Waals surface area contributed by atoms with Crippen molar-refractivity contribution in [2.75, 3.05) is 26.2 Å². The number of aromatic nitrogens is 2. The van der Waals surface area contributed by atoms with Crippen LogP contribution in [0.15, 0.2) is 23.0 Å². The van der Waals surface area contributed by atoms with E-state index < -0.39 is 6.04 Å². The van der Waals surface area contributed by atoms with E-state index in [2.05, 4.69) is 21.6 Å². The van der Waals surface area contributed by atoms with Gasteiger partial charge in [-0.2, -0.15) is 0 Å². The van der Waals surface area contributed by atoms with Gasteiger partial charge in [-0.05, 0) is 37.3 Å². The molecular weight excluding hydrogens is 382 g/mol. The van der Waals surface area contributed by atoms with Gasteiger partial charge in [-0.1, -0.05) is 12.1 Å². The van der Waals surface area contributed by atoms with E-state index in [0.29, 0.717) is 12.0 Å². The first-order valence-corrected chi connectivity index (χ1v) is 10.9. The number of piperidine rings is 1. The molecule has 0 radical (unpaired) electrons. The Kier molecular flexibility index (Phi) is 3.69. The first-order chi connectivity index (χ1) is 14.4. The lowest BCUT2D eigenvalue weighted by molar-refractivity contribution is -0.172. The van der Waals surface area contributed by atoms with Crippen molar-refractivity contribution in [3.63, 3.8) is 0 Å². The number of nitrogens with one attached hydrogen (secondary N) is 2. The van der Waals surface area contributed by atoms with E-state index >= 15 is 0 Å². The number of fused-ring (bicyclic) bond motifs is 1. The summed E-state index contributed by atoms with van der Waals surface area (Å²) in [4.78, 5) is 39.9. The fraction of sp³-hybridized carbons (Fsp3) is 0.591. The van der Waals surface area contributed by atoms with Gasteiger partial charge in [0.25, 0.3) is 0 Å². The molecule has 5 fully saturated rings. The molecule has 1 aromatic carbocycles. The number of rotatable bonds is 3. The lowest BCUT2D eigenvalue weighted by atomic mass is 9.36. The van der Waals surface area contributed by atoms with Crippen LogP contribution in [0, 0.1) is 0 Å². The van der Waals surface area contributed by atoms with Gasteiger partial charge in [0.05, 0.1) is 11.0 Å².